The molecule has 20 rings (SSSR count). The molecule has 0 bridgehead atoms. The number of fused-ring (bicyclic) bond motifs is 7. The van der Waals surface area contributed by atoms with Crippen LogP contribution in [-0.2, 0) is 5.41 Å². The molecule has 19 aromatic rings. The Bertz CT molecular complexity index is 6750. The lowest BCUT2D eigenvalue weighted by Crippen LogP contribution is -2.69. The summed E-state index contributed by atoms with van der Waals surface area (Å²) in [5.41, 5.74) is 18.6. The topological polar surface area (TPSA) is 27.7 Å². The van der Waals surface area contributed by atoms with Crippen LogP contribution in [-0.4, -0.2) is 34.5 Å². The maximum absolute atomic E-state index is 6.19. The normalized spacial score (nSPS) is 12.0. The van der Waals surface area contributed by atoms with Crippen LogP contribution in [0.3, 0.4) is 0 Å². The summed E-state index contributed by atoms with van der Waals surface area (Å²) in [5.74, 6) is 2.80. The lowest BCUT2D eigenvalue weighted by Gasteiger charge is -2.39. The van der Waals surface area contributed by atoms with Crippen LogP contribution >= 0.6 is 0 Å². The molecule has 0 atom stereocenters. The monoisotopic (exact) mass is 1710 g/mol. The van der Waals surface area contributed by atoms with E-state index in [9.17, 15) is 0 Å². The fraction of sp³-hybridized carbons (Fsp3) is 0.145. The maximum Gasteiger partial charge on any atom is 0.152 e. The lowest BCUT2D eigenvalue weighted by atomic mass is 9.81. The van der Waals surface area contributed by atoms with Crippen LogP contribution in [0.5, 0.6) is 17.2 Å². The summed E-state index contributed by atoms with van der Waals surface area (Å²) in [6.07, 6.45) is 0.522. The van der Waals surface area contributed by atoms with Crippen molar-refractivity contribution >= 4 is 90.4 Å². The molecule has 1 aliphatic rings. The van der Waals surface area contributed by atoms with E-state index >= 15 is 0 Å². The average molecular weight is 1710 g/mol. The maximum atomic E-state index is 6.19. The van der Waals surface area contributed by atoms with E-state index in [0.717, 1.165) is 28.4 Å². The molecule has 0 N–H and O–H groups in total. The molecule has 0 saturated carbocycles. The number of hydrogen-bond donors (Lipinski definition) is 0. The van der Waals surface area contributed by atoms with Gasteiger partial charge in [0.05, 0.1) is 18.3 Å². The SMILES string of the molecule is CC(C)Oc1c(-c2ccccc2)cccc1-c1ccccc1.CC(C)Oc1ccc(-c2ccc3c(c2)C(C)(C)c2cc(-c4ccccc4)ccc2-3)cc1.CC(C)Oc1ccc2cc(-c3ccccc3)ccc2c1.CC(C)[Si](c1ccccc1)(c1cccc2ccccc12)c1cccc2ccccc12.CC(C)[Si](c1ccccc1)(c1ccccc1)c1ccc2ccccc2c1. The van der Waals surface area contributed by atoms with E-state index in [2.05, 4.69) is 500 Å². The van der Waals surface area contributed by atoms with Gasteiger partial charge in [0, 0.05) is 16.5 Å². The van der Waals surface area contributed by atoms with E-state index in [0.29, 0.717) is 11.1 Å². The summed E-state index contributed by atoms with van der Waals surface area (Å²) in [5, 5.41) is 19.5. The zero-order valence-electron chi connectivity index (χ0n) is 76.4. The minimum atomic E-state index is -2.33. The van der Waals surface area contributed by atoms with Crippen LogP contribution in [0.25, 0.3) is 110 Å². The van der Waals surface area contributed by atoms with Crippen molar-refractivity contribution in [3.63, 3.8) is 0 Å². The van der Waals surface area contributed by atoms with Gasteiger partial charge in [-0.15, -0.1) is 0 Å². The second-order valence-electron chi connectivity index (χ2n) is 35.7. The van der Waals surface area contributed by atoms with E-state index in [1.165, 1.54) is 141 Å². The minimum absolute atomic E-state index is 0.0356. The Balaban J connectivity index is 0.000000119. The summed E-state index contributed by atoms with van der Waals surface area (Å²) < 4.78 is 17.7. The van der Waals surface area contributed by atoms with Crippen molar-refractivity contribution in [1.82, 2.24) is 0 Å². The molecule has 0 radical (unpaired) electrons. The molecule has 0 heterocycles. The standard InChI is InChI=1S/C30H28O.C29H26Si.C25H24Si.C21H20O.C19H18O/c1-20(2)31-25-14-10-22(11-15-25)24-13-17-27-26-16-12-23(21-8-6-5-7-9-21)18-28(26)30(3,4)29(27)19-24;1-22(2)30(25-16-4-3-5-17-25,28-20-10-14-23-12-6-8-18-26(23)28)29-21-11-15-24-13-7-9-19-27(24)29;1-20(2)26(23-13-5-3-6-14-23,24-15-7-4-8-16-24)25-18-17-21-11-9-10-12-22(21)19-25;1-16(2)22-21-19(17-10-5-3-6-11-17)14-9-15-20(21)18-12-7-4-8-13-18;1-14(2)20-19-11-10-17-12-16(8-9-18(17)13-19)15-6-4-3-5-7-15/h5-20H,1-4H3;3-22H,1-2H3;3-20H,1-2H3;3-16H,1-2H3;3-14H,1-2H3. The average Bonchev–Trinajstić information content (AvgIpc) is 1.65. The molecule has 0 aliphatic heterocycles. The molecular weight excluding hydrogens is 1590 g/mol. The first-order valence-corrected chi connectivity index (χ1v) is 49.9. The second-order valence-corrected chi connectivity index (χ2v) is 44.6. The molecule has 638 valence electrons. The Morgan fingerprint density at radius 1 is 0.202 bits per heavy atom. The molecule has 0 fully saturated rings. The summed E-state index contributed by atoms with van der Waals surface area (Å²) in [6, 6.07) is 164. The van der Waals surface area contributed by atoms with Gasteiger partial charge in [0.1, 0.15) is 17.2 Å². The molecule has 19 aromatic carbocycles. The van der Waals surface area contributed by atoms with Crippen LogP contribution in [0.2, 0.25) is 11.1 Å². The van der Waals surface area contributed by atoms with Gasteiger partial charge < -0.3 is 14.2 Å². The summed E-state index contributed by atoms with van der Waals surface area (Å²) in [7, 11) is -4.45. The molecule has 0 saturated heterocycles. The molecule has 0 amide bonds. The highest BCUT2D eigenvalue weighted by atomic mass is 28.3. The van der Waals surface area contributed by atoms with E-state index in [1.807, 2.05) is 38.1 Å². The van der Waals surface area contributed by atoms with Crippen LogP contribution in [0, 0.1) is 0 Å². The van der Waals surface area contributed by atoms with E-state index in [4.69, 9.17) is 14.2 Å². The van der Waals surface area contributed by atoms with Crippen molar-refractivity contribution < 1.29 is 14.2 Å². The van der Waals surface area contributed by atoms with Gasteiger partial charge in [-0.3, -0.25) is 0 Å². The quantitative estimate of drug-likeness (QED) is 0.0596. The van der Waals surface area contributed by atoms with Crippen molar-refractivity contribution in [2.24, 2.45) is 0 Å². The Hall–Kier alpha value is -13.9. The molecule has 0 aromatic heterocycles. The van der Waals surface area contributed by atoms with Crippen molar-refractivity contribution in [1.29, 1.82) is 0 Å². The van der Waals surface area contributed by atoms with Crippen LogP contribution in [0.15, 0.2) is 455 Å². The lowest BCUT2D eigenvalue weighted by molar-refractivity contribution is 0.242. The first-order valence-electron chi connectivity index (χ1n) is 45.8. The van der Waals surface area contributed by atoms with Crippen molar-refractivity contribution in [2.75, 3.05) is 0 Å². The van der Waals surface area contributed by atoms with Gasteiger partial charge in [-0.1, -0.05) is 454 Å². The number of rotatable bonds is 19. The molecule has 3 nitrogen and oxygen atoms in total. The molecule has 1 aliphatic carbocycles. The van der Waals surface area contributed by atoms with Gasteiger partial charge in [-0.05, 0) is 236 Å². The summed E-state index contributed by atoms with van der Waals surface area (Å²) >= 11 is 0. The molecule has 129 heavy (non-hydrogen) atoms. The Labute approximate surface area is 767 Å². The van der Waals surface area contributed by atoms with Crippen molar-refractivity contribution in [3.8, 4) is 84.0 Å². The van der Waals surface area contributed by atoms with E-state index in [1.54, 1.807) is 0 Å². The van der Waals surface area contributed by atoms with Gasteiger partial charge >= 0.3 is 0 Å². The Morgan fingerprint density at radius 2 is 0.519 bits per heavy atom. The highest BCUT2D eigenvalue weighted by Gasteiger charge is 2.45. The summed E-state index contributed by atoms with van der Waals surface area (Å²) in [4.78, 5) is 0. The van der Waals surface area contributed by atoms with Crippen LogP contribution < -0.4 is 45.3 Å². The number of para-hydroxylation sites is 1. The highest BCUT2D eigenvalue weighted by molar-refractivity contribution is 7.14. The zero-order chi connectivity index (χ0) is 89.4. The third kappa shape index (κ3) is 19.3. The fourth-order valence-electron chi connectivity index (χ4n) is 19.3. The van der Waals surface area contributed by atoms with Crippen LogP contribution in [0.4, 0.5) is 0 Å². The van der Waals surface area contributed by atoms with Gasteiger partial charge in [0.25, 0.3) is 0 Å². The van der Waals surface area contributed by atoms with E-state index < -0.39 is 16.1 Å². The first-order chi connectivity index (χ1) is 62.9. The van der Waals surface area contributed by atoms with Crippen molar-refractivity contribution in [2.45, 2.75) is 118 Å². The fourth-order valence-corrected chi connectivity index (χ4v) is 30.0. The highest BCUT2D eigenvalue weighted by Crippen LogP contribution is 2.51. The van der Waals surface area contributed by atoms with Gasteiger partial charge in [-0.2, -0.15) is 0 Å². The summed E-state index contributed by atoms with van der Waals surface area (Å²) in [6.45, 7) is 26.6. The minimum Gasteiger partial charge on any atom is -0.491 e. The number of hydrogen-bond acceptors (Lipinski definition) is 3. The smallest absolute Gasteiger partial charge is 0.152 e. The molecule has 0 spiro atoms. The molecule has 0 unspecified atom stereocenters. The van der Waals surface area contributed by atoms with Gasteiger partial charge in [-0.25, -0.2) is 0 Å². The molecule has 5 heteroatoms. The van der Waals surface area contributed by atoms with Crippen LogP contribution in [0.1, 0.15) is 94.2 Å². The first kappa shape index (κ1) is 88.5. The van der Waals surface area contributed by atoms with Crippen molar-refractivity contribution in [3.05, 3.63) is 466 Å². The van der Waals surface area contributed by atoms with Gasteiger partial charge in [0.15, 0.2) is 16.1 Å². The predicted octanol–water partition coefficient (Wildman–Crippen LogP) is 29.8. The Kier molecular flexibility index (Phi) is 27.7. The molecular formula is C124H116O3Si2. The zero-order valence-corrected chi connectivity index (χ0v) is 78.4. The largest absolute Gasteiger partial charge is 0.491 e. The third-order valence-electron chi connectivity index (χ3n) is 25.2. The third-order valence-corrected chi connectivity index (χ3v) is 36.2. The Morgan fingerprint density at radius 3 is 0.969 bits per heavy atom. The van der Waals surface area contributed by atoms with Gasteiger partial charge in [0.2, 0.25) is 0 Å². The number of ether oxygens (including phenoxy) is 3. The second kappa shape index (κ2) is 40.4. The number of benzene rings is 19. The van der Waals surface area contributed by atoms with E-state index in [-0.39, 0.29) is 23.7 Å². The predicted molar refractivity (Wildman–Crippen MR) is 560 cm³/mol.